The van der Waals surface area contributed by atoms with Crippen molar-refractivity contribution in [3.05, 3.63) is 86.5 Å². The van der Waals surface area contributed by atoms with Gasteiger partial charge in [0, 0.05) is 28.5 Å². The van der Waals surface area contributed by atoms with Crippen LogP contribution in [0, 0.1) is 10.1 Å². The molecule has 1 heterocycles. The predicted octanol–water partition coefficient (Wildman–Crippen LogP) is 6.20. The molecule has 0 aliphatic carbocycles. The Bertz CT molecular complexity index is 961. The van der Waals surface area contributed by atoms with E-state index in [0.717, 1.165) is 0 Å². The van der Waals surface area contributed by atoms with E-state index in [1.54, 1.807) is 48.7 Å². The first-order valence-corrected chi connectivity index (χ1v) is 8.96. The lowest BCUT2D eigenvalue weighted by Gasteiger charge is -2.03. The van der Waals surface area contributed by atoms with Gasteiger partial charge in [0.15, 0.2) is 0 Å². The quantitative estimate of drug-likeness (QED) is 0.289. The molecule has 0 aliphatic heterocycles. The average molecular weight is 404 g/mol. The van der Waals surface area contributed by atoms with Crippen LogP contribution in [-0.4, -0.2) is 16.1 Å². The van der Waals surface area contributed by atoms with Gasteiger partial charge < -0.3 is 0 Å². The summed E-state index contributed by atoms with van der Waals surface area (Å²) in [5, 5.41) is 13.0. The largest absolute Gasteiger partial charge is 0.283 e. The maximum atomic E-state index is 11.4. The Balaban J connectivity index is 1.88. The smallest absolute Gasteiger partial charge is 0.258 e. The second-order valence-corrected chi connectivity index (χ2v) is 7.08. The van der Waals surface area contributed by atoms with Gasteiger partial charge in [-0.25, -0.2) is 4.98 Å². The van der Waals surface area contributed by atoms with E-state index >= 15 is 0 Å². The zero-order chi connectivity index (χ0) is 18.5. The third kappa shape index (κ3) is 4.82. The maximum absolute atomic E-state index is 11.4. The lowest BCUT2D eigenvalue weighted by molar-refractivity contribution is -0.387. The van der Waals surface area contributed by atoms with E-state index in [9.17, 15) is 10.1 Å². The molecule has 1 aromatic heterocycles. The van der Waals surface area contributed by atoms with E-state index in [-0.39, 0.29) is 5.69 Å². The molecule has 2 aromatic carbocycles. The van der Waals surface area contributed by atoms with E-state index in [4.69, 9.17) is 23.2 Å². The summed E-state index contributed by atoms with van der Waals surface area (Å²) in [6.07, 6.45) is 3.18. The molecule has 0 amide bonds. The zero-order valence-electron chi connectivity index (χ0n) is 13.2. The summed E-state index contributed by atoms with van der Waals surface area (Å²) in [6.45, 7) is 0. The molecule has 0 saturated heterocycles. The molecule has 3 rings (SSSR count). The summed E-state index contributed by atoms with van der Waals surface area (Å²) < 4.78 is 0. The number of aliphatic imine (C=N–C) groups is 1. The molecule has 8 heteroatoms. The Morgan fingerprint density at radius 1 is 1.08 bits per heavy atom. The van der Waals surface area contributed by atoms with Crippen LogP contribution in [-0.2, 0) is 0 Å². The van der Waals surface area contributed by atoms with Crippen molar-refractivity contribution in [2.45, 2.75) is 9.92 Å². The van der Waals surface area contributed by atoms with Crippen LogP contribution >= 0.6 is 35.0 Å². The van der Waals surface area contributed by atoms with Gasteiger partial charge in [-0.2, -0.15) is 0 Å². The number of aromatic nitrogens is 1. The summed E-state index contributed by atoms with van der Waals surface area (Å²) in [4.78, 5) is 20.0. The summed E-state index contributed by atoms with van der Waals surface area (Å²) >= 11 is 13.1. The van der Waals surface area contributed by atoms with E-state index < -0.39 is 4.92 Å². The number of hydrogen-bond donors (Lipinski definition) is 0. The molecule has 0 atom stereocenters. The number of pyridine rings is 1. The third-order valence-corrected chi connectivity index (χ3v) is 4.69. The lowest BCUT2D eigenvalue weighted by atomic mass is 10.2. The number of nitro benzene ring substituents is 1. The average Bonchev–Trinajstić information content (AvgIpc) is 2.61. The second kappa shape index (κ2) is 8.31. The highest BCUT2D eigenvalue weighted by Crippen LogP contribution is 2.34. The predicted molar refractivity (Wildman–Crippen MR) is 105 cm³/mol. The molecule has 0 fully saturated rings. The number of halogens is 2. The molecule has 0 unspecified atom stereocenters. The van der Waals surface area contributed by atoms with Gasteiger partial charge in [-0.15, -0.1) is 0 Å². The monoisotopic (exact) mass is 403 g/mol. The number of hydrogen-bond acceptors (Lipinski definition) is 5. The highest BCUT2D eigenvalue weighted by atomic mass is 35.5. The Morgan fingerprint density at radius 2 is 1.85 bits per heavy atom. The molecule has 26 heavy (non-hydrogen) atoms. The SMILES string of the molecule is O=[N+]([O-])c1cc(C=Nc2cc(Cl)cc(Cl)c2)ccc1Sc1ccccn1. The molecule has 0 saturated carbocycles. The molecule has 0 N–H and O–H groups in total. The van der Waals surface area contributed by atoms with Crippen molar-refractivity contribution in [1.82, 2.24) is 4.98 Å². The first-order chi connectivity index (χ1) is 12.5. The number of benzene rings is 2. The Labute approximate surface area is 163 Å². The molecular formula is C18H11Cl2N3O2S. The summed E-state index contributed by atoms with van der Waals surface area (Å²) in [5.74, 6) is 0. The van der Waals surface area contributed by atoms with Crippen LogP contribution < -0.4 is 0 Å². The van der Waals surface area contributed by atoms with Gasteiger partial charge in [-0.1, -0.05) is 47.1 Å². The summed E-state index contributed by atoms with van der Waals surface area (Å²) in [7, 11) is 0. The van der Waals surface area contributed by atoms with Crippen LogP contribution in [0.3, 0.4) is 0 Å². The van der Waals surface area contributed by atoms with Crippen LogP contribution in [0.5, 0.6) is 0 Å². The molecule has 0 aliphatic rings. The molecule has 3 aromatic rings. The van der Waals surface area contributed by atoms with Crippen molar-refractivity contribution in [3.63, 3.8) is 0 Å². The van der Waals surface area contributed by atoms with Gasteiger partial charge in [0.2, 0.25) is 0 Å². The molecule has 0 radical (unpaired) electrons. The molecule has 0 spiro atoms. The fourth-order valence-corrected chi connectivity index (χ4v) is 3.50. The van der Waals surface area contributed by atoms with Gasteiger partial charge >= 0.3 is 0 Å². The molecule has 5 nitrogen and oxygen atoms in total. The van der Waals surface area contributed by atoms with E-state index in [2.05, 4.69) is 9.98 Å². The summed E-state index contributed by atoms with van der Waals surface area (Å²) in [6, 6.07) is 15.3. The lowest BCUT2D eigenvalue weighted by Crippen LogP contribution is -1.93. The third-order valence-electron chi connectivity index (χ3n) is 3.24. The van der Waals surface area contributed by atoms with E-state index in [1.165, 1.54) is 24.0 Å². The van der Waals surface area contributed by atoms with Crippen molar-refractivity contribution in [3.8, 4) is 0 Å². The number of nitro groups is 1. The molecular weight excluding hydrogens is 393 g/mol. The van der Waals surface area contributed by atoms with Crippen LogP contribution in [0.2, 0.25) is 10.0 Å². The van der Waals surface area contributed by atoms with Crippen molar-refractivity contribution in [2.24, 2.45) is 4.99 Å². The number of nitrogens with zero attached hydrogens (tertiary/aromatic N) is 3. The fourth-order valence-electron chi connectivity index (χ4n) is 2.13. The maximum Gasteiger partial charge on any atom is 0.283 e. The molecule has 130 valence electrons. The normalized spacial score (nSPS) is 11.0. The minimum Gasteiger partial charge on any atom is -0.258 e. The van der Waals surface area contributed by atoms with Gasteiger partial charge in [0.25, 0.3) is 5.69 Å². The Hall–Kier alpha value is -2.41. The van der Waals surface area contributed by atoms with Crippen LogP contribution in [0.1, 0.15) is 5.56 Å². The van der Waals surface area contributed by atoms with Crippen molar-refractivity contribution < 1.29 is 4.92 Å². The van der Waals surface area contributed by atoms with Crippen molar-refractivity contribution in [2.75, 3.05) is 0 Å². The van der Waals surface area contributed by atoms with Gasteiger partial charge in [0.1, 0.15) is 5.03 Å². The minimum absolute atomic E-state index is 0.00581. The number of rotatable bonds is 5. The highest BCUT2D eigenvalue weighted by molar-refractivity contribution is 7.99. The van der Waals surface area contributed by atoms with E-state index in [1.807, 2.05) is 6.07 Å². The summed E-state index contributed by atoms with van der Waals surface area (Å²) in [5.41, 5.74) is 1.16. The van der Waals surface area contributed by atoms with Crippen molar-refractivity contribution >= 4 is 52.6 Å². The van der Waals surface area contributed by atoms with Gasteiger partial charge in [0.05, 0.1) is 15.5 Å². The topological polar surface area (TPSA) is 68.4 Å². The van der Waals surface area contributed by atoms with Gasteiger partial charge in [-0.05, 0) is 42.0 Å². The Kier molecular flexibility index (Phi) is 5.88. The van der Waals surface area contributed by atoms with Gasteiger partial charge in [-0.3, -0.25) is 15.1 Å². The van der Waals surface area contributed by atoms with Crippen LogP contribution in [0.25, 0.3) is 0 Å². The first-order valence-electron chi connectivity index (χ1n) is 7.39. The van der Waals surface area contributed by atoms with E-state index in [0.29, 0.717) is 31.2 Å². The fraction of sp³-hybridized carbons (Fsp3) is 0. The second-order valence-electron chi connectivity index (χ2n) is 5.14. The first kappa shape index (κ1) is 18.4. The zero-order valence-corrected chi connectivity index (χ0v) is 15.5. The Morgan fingerprint density at radius 3 is 2.50 bits per heavy atom. The van der Waals surface area contributed by atoms with Crippen LogP contribution in [0.4, 0.5) is 11.4 Å². The minimum atomic E-state index is -0.418. The van der Waals surface area contributed by atoms with Crippen molar-refractivity contribution in [1.29, 1.82) is 0 Å². The highest BCUT2D eigenvalue weighted by Gasteiger charge is 2.15. The standard InChI is InChI=1S/C18H11Cl2N3O2S/c19-13-8-14(20)10-15(9-13)22-11-12-4-5-17(16(7-12)23(24)25)26-18-3-1-2-6-21-18/h1-11H. The van der Waals surface area contributed by atoms with Crippen LogP contribution in [0.15, 0.2) is 75.7 Å². The molecule has 0 bridgehead atoms.